The summed E-state index contributed by atoms with van der Waals surface area (Å²) in [5.74, 6) is -0.141. The number of hydrogen-bond acceptors (Lipinski definition) is 7. The lowest BCUT2D eigenvalue weighted by atomic mass is 10.1. The maximum atomic E-state index is 13.1. The SMILES string of the molecule is C[C@H](C(=O)NC1CC1)N1CCN(c2c([N+](=O)[O-])cc(C(F)(F)F)cc2[N+](=O)[O-])CC1. The number of benzene rings is 1. The van der Waals surface area contributed by atoms with Crippen LogP contribution < -0.4 is 10.2 Å². The van der Waals surface area contributed by atoms with Crippen molar-refractivity contribution in [2.24, 2.45) is 0 Å². The summed E-state index contributed by atoms with van der Waals surface area (Å²) in [6, 6.07) is 0.380. The number of rotatable bonds is 6. The molecule has 3 rings (SSSR count). The number of nitrogens with zero attached hydrogens (tertiary/aromatic N) is 4. The number of carbonyl (C=O) groups is 1. The molecule has 0 spiro atoms. The maximum absolute atomic E-state index is 13.1. The Morgan fingerprint density at radius 3 is 2.00 bits per heavy atom. The normalized spacial score (nSPS) is 18.7. The molecular weight excluding hydrogens is 411 g/mol. The highest BCUT2D eigenvalue weighted by molar-refractivity contribution is 5.82. The van der Waals surface area contributed by atoms with E-state index in [1.807, 2.05) is 4.90 Å². The lowest BCUT2D eigenvalue weighted by Gasteiger charge is -2.38. The smallest absolute Gasteiger partial charge is 0.358 e. The predicted molar refractivity (Wildman–Crippen MR) is 99.2 cm³/mol. The molecule has 164 valence electrons. The van der Waals surface area contributed by atoms with Gasteiger partial charge in [0.1, 0.15) is 0 Å². The molecule has 30 heavy (non-hydrogen) atoms. The van der Waals surface area contributed by atoms with E-state index in [0.717, 1.165) is 12.8 Å². The van der Waals surface area contributed by atoms with E-state index in [1.54, 1.807) is 6.92 Å². The van der Waals surface area contributed by atoms with Crippen molar-refractivity contribution >= 4 is 23.0 Å². The third-order valence-corrected chi connectivity index (χ3v) is 5.27. The minimum Gasteiger partial charge on any atom is -0.358 e. The molecule has 1 aliphatic carbocycles. The van der Waals surface area contributed by atoms with Crippen molar-refractivity contribution in [1.29, 1.82) is 0 Å². The van der Waals surface area contributed by atoms with E-state index in [-0.39, 0.29) is 38.1 Å². The quantitative estimate of drug-likeness (QED) is 0.542. The van der Waals surface area contributed by atoms with E-state index in [1.165, 1.54) is 4.90 Å². The molecule has 0 radical (unpaired) electrons. The van der Waals surface area contributed by atoms with Crippen molar-refractivity contribution in [2.45, 2.75) is 38.0 Å². The monoisotopic (exact) mass is 431 g/mol. The van der Waals surface area contributed by atoms with Crippen LogP contribution in [-0.2, 0) is 11.0 Å². The fourth-order valence-corrected chi connectivity index (χ4v) is 3.42. The molecule has 0 aromatic heterocycles. The van der Waals surface area contributed by atoms with E-state index in [0.29, 0.717) is 12.1 Å². The zero-order valence-electron chi connectivity index (χ0n) is 16.0. The summed E-state index contributed by atoms with van der Waals surface area (Å²) in [4.78, 5) is 36.1. The minimum atomic E-state index is -4.96. The molecular formula is C17H20F3N5O5. The van der Waals surface area contributed by atoms with Crippen molar-refractivity contribution in [3.8, 4) is 0 Å². The Balaban J connectivity index is 1.84. The number of nitro benzene ring substituents is 2. The lowest BCUT2D eigenvalue weighted by Crippen LogP contribution is -2.54. The number of anilines is 1. The first kappa shape index (κ1) is 21.7. The number of nitro groups is 2. The number of amides is 1. The van der Waals surface area contributed by atoms with Gasteiger partial charge in [-0.3, -0.25) is 29.9 Å². The fraction of sp³-hybridized carbons (Fsp3) is 0.588. The first-order valence-corrected chi connectivity index (χ1v) is 9.32. The summed E-state index contributed by atoms with van der Waals surface area (Å²) in [6.45, 7) is 2.45. The largest absolute Gasteiger partial charge is 0.416 e. The molecule has 1 aromatic carbocycles. The Morgan fingerprint density at radius 1 is 1.10 bits per heavy atom. The molecule has 0 unspecified atom stereocenters. The Kier molecular flexibility index (Phi) is 5.83. The summed E-state index contributed by atoms with van der Waals surface area (Å²) in [7, 11) is 0. The first-order valence-electron chi connectivity index (χ1n) is 9.32. The van der Waals surface area contributed by atoms with Crippen LogP contribution in [0.5, 0.6) is 0 Å². The van der Waals surface area contributed by atoms with Gasteiger partial charge in [-0.05, 0) is 19.8 Å². The first-order chi connectivity index (χ1) is 14.0. The molecule has 10 nitrogen and oxygen atoms in total. The van der Waals surface area contributed by atoms with Crippen LogP contribution in [0.4, 0.5) is 30.2 Å². The Bertz CT molecular complexity index is 831. The maximum Gasteiger partial charge on any atom is 0.416 e. The number of hydrogen-bond donors (Lipinski definition) is 1. The third-order valence-electron chi connectivity index (χ3n) is 5.27. The topological polar surface area (TPSA) is 122 Å². The average Bonchev–Trinajstić information content (AvgIpc) is 3.49. The average molecular weight is 431 g/mol. The van der Waals surface area contributed by atoms with Gasteiger partial charge < -0.3 is 10.2 Å². The van der Waals surface area contributed by atoms with Gasteiger partial charge >= 0.3 is 6.18 Å². The summed E-state index contributed by atoms with van der Waals surface area (Å²) >= 11 is 0. The molecule has 1 saturated carbocycles. The summed E-state index contributed by atoms with van der Waals surface area (Å²) in [5.41, 5.74) is -3.84. The molecule has 1 amide bonds. The lowest BCUT2D eigenvalue weighted by molar-refractivity contribution is -0.393. The van der Waals surface area contributed by atoms with Gasteiger partial charge in [0.05, 0.1) is 21.5 Å². The molecule has 1 heterocycles. The molecule has 2 fully saturated rings. The van der Waals surface area contributed by atoms with Crippen molar-refractivity contribution < 1.29 is 27.8 Å². The standard InChI is InChI=1S/C17H20F3N5O5/c1-10(16(26)21-12-2-3-12)22-4-6-23(7-5-22)15-13(24(27)28)8-11(17(18,19)20)9-14(15)25(29)30/h8-10,12H,2-7H2,1H3,(H,21,26)/t10-/m1/s1. The van der Waals surface area contributed by atoms with Gasteiger partial charge in [0.15, 0.2) is 5.69 Å². The molecule has 1 aromatic rings. The Hall–Kier alpha value is -2.96. The number of alkyl halides is 3. The third kappa shape index (κ3) is 4.61. The van der Waals surface area contributed by atoms with E-state index in [2.05, 4.69) is 5.32 Å². The van der Waals surface area contributed by atoms with E-state index in [4.69, 9.17) is 0 Å². The number of carbonyl (C=O) groups excluding carboxylic acids is 1. The van der Waals surface area contributed by atoms with Gasteiger partial charge in [-0.25, -0.2) is 0 Å². The van der Waals surface area contributed by atoms with Gasteiger partial charge in [-0.15, -0.1) is 0 Å². The van der Waals surface area contributed by atoms with Crippen LogP contribution in [0.2, 0.25) is 0 Å². The Morgan fingerprint density at radius 2 is 1.60 bits per heavy atom. The molecule has 13 heteroatoms. The van der Waals surface area contributed by atoms with Gasteiger partial charge in [0.2, 0.25) is 5.91 Å². The second-order valence-corrected chi connectivity index (χ2v) is 7.36. The molecule has 1 aliphatic heterocycles. The predicted octanol–water partition coefficient (Wildman–Crippen LogP) is 2.31. The molecule has 1 atom stereocenters. The molecule has 1 saturated heterocycles. The van der Waals surface area contributed by atoms with Crippen LogP contribution in [0.15, 0.2) is 12.1 Å². The number of halogens is 3. The van der Waals surface area contributed by atoms with Crippen molar-refractivity contribution in [3.63, 3.8) is 0 Å². The Labute approximate surface area is 168 Å². The zero-order valence-corrected chi connectivity index (χ0v) is 16.0. The van der Waals surface area contributed by atoms with Gasteiger partial charge in [-0.1, -0.05) is 0 Å². The van der Waals surface area contributed by atoms with E-state index >= 15 is 0 Å². The summed E-state index contributed by atoms with van der Waals surface area (Å²) in [5, 5.41) is 25.7. The van der Waals surface area contributed by atoms with E-state index < -0.39 is 44.7 Å². The van der Waals surface area contributed by atoms with Crippen LogP contribution in [0.1, 0.15) is 25.3 Å². The van der Waals surface area contributed by atoms with Crippen LogP contribution in [-0.4, -0.2) is 58.9 Å². The van der Waals surface area contributed by atoms with Crippen LogP contribution >= 0.6 is 0 Å². The summed E-state index contributed by atoms with van der Waals surface area (Å²) < 4.78 is 39.2. The highest BCUT2D eigenvalue weighted by atomic mass is 19.4. The second-order valence-electron chi connectivity index (χ2n) is 7.36. The van der Waals surface area contributed by atoms with Gasteiger partial charge in [0, 0.05) is 44.4 Å². The van der Waals surface area contributed by atoms with Gasteiger partial charge in [-0.2, -0.15) is 13.2 Å². The number of nitrogens with one attached hydrogen (secondary N) is 1. The van der Waals surface area contributed by atoms with Crippen LogP contribution in [0.3, 0.4) is 0 Å². The van der Waals surface area contributed by atoms with E-state index in [9.17, 15) is 38.2 Å². The molecule has 1 N–H and O–H groups in total. The fourth-order valence-electron chi connectivity index (χ4n) is 3.42. The minimum absolute atomic E-state index is 0.0914. The van der Waals surface area contributed by atoms with Crippen LogP contribution in [0.25, 0.3) is 0 Å². The highest BCUT2D eigenvalue weighted by Crippen LogP contribution is 2.43. The zero-order chi connectivity index (χ0) is 22.2. The highest BCUT2D eigenvalue weighted by Gasteiger charge is 2.40. The summed E-state index contributed by atoms with van der Waals surface area (Å²) in [6.07, 6.45) is -3.09. The second kappa shape index (κ2) is 8.05. The van der Waals surface area contributed by atoms with Crippen LogP contribution in [0, 0.1) is 20.2 Å². The van der Waals surface area contributed by atoms with Crippen molar-refractivity contribution in [1.82, 2.24) is 10.2 Å². The van der Waals surface area contributed by atoms with Crippen molar-refractivity contribution in [2.75, 3.05) is 31.1 Å². The van der Waals surface area contributed by atoms with Gasteiger partial charge in [0.25, 0.3) is 11.4 Å². The van der Waals surface area contributed by atoms with Crippen molar-refractivity contribution in [3.05, 3.63) is 37.9 Å². The molecule has 2 aliphatic rings. The number of piperazine rings is 1. The molecule has 0 bridgehead atoms.